The van der Waals surface area contributed by atoms with E-state index in [1.807, 2.05) is 26.4 Å². The molecule has 4 heteroatoms. The number of hydrogen-bond donors (Lipinski definition) is 1. The highest BCUT2D eigenvalue weighted by molar-refractivity contribution is 5.85. The third kappa shape index (κ3) is 1.31. The molecule has 2 heterocycles. The molecule has 3 rings (SSSR count). The van der Waals surface area contributed by atoms with Gasteiger partial charge in [0.15, 0.2) is 0 Å². The van der Waals surface area contributed by atoms with E-state index in [-0.39, 0.29) is 0 Å². The van der Waals surface area contributed by atoms with Crippen molar-refractivity contribution in [3.8, 4) is 11.1 Å². The van der Waals surface area contributed by atoms with Gasteiger partial charge >= 0.3 is 0 Å². The van der Waals surface area contributed by atoms with Crippen molar-refractivity contribution in [1.29, 1.82) is 0 Å². The molecular formula is C12H12N4. The van der Waals surface area contributed by atoms with Crippen LogP contribution in [0.4, 0.5) is 0 Å². The van der Waals surface area contributed by atoms with Gasteiger partial charge < -0.3 is 0 Å². The Morgan fingerprint density at radius 2 is 2.12 bits per heavy atom. The van der Waals surface area contributed by atoms with Crippen molar-refractivity contribution in [3.63, 3.8) is 0 Å². The van der Waals surface area contributed by atoms with Crippen molar-refractivity contribution >= 4 is 10.9 Å². The van der Waals surface area contributed by atoms with Crippen LogP contribution in [0.15, 0.2) is 30.6 Å². The maximum atomic E-state index is 4.26. The van der Waals surface area contributed by atoms with Crippen molar-refractivity contribution in [2.24, 2.45) is 7.05 Å². The summed E-state index contributed by atoms with van der Waals surface area (Å²) in [5.41, 5.74) is 4.36. The predicted octanol–water partition coefficient (Wildman–Crippen LogP) is 2.27. The van der Waals surface area contributed by atoms with Crippen LogP contribution in [0.3, 0.4) is 0 Å². The molecule has 0 spiro atoms. The fourth-order valence-corrected chi connectivity index (χ4v) is 1.90. The zero-order chi connectivity index (χ0) is 11.1. The third-order valence-corrected chi connectivity index (χ3v) is 2.78. The van der Waals surface area contributed by atoms with Crippen LogP contribution >= 0.6 is 0 Å². The first-order valence-corrected chi connectivity index (χ1v) is 5.18. The first kappa shape index (κ1) is 9.15. The lowest BCUT2D eigenvalue weighted by molar-refractivity contribution is 0.768. The molecule has 1 aromatic carbocycles. The number of aryl methyl sites for hydroxylation is 2. The Morgan fingerprint density at radius 1 is 1.25 bits per heavy atom. The Hall–Kier alpha value is -2.10. The molecule has 0 atom stereocenters. The Kier molecular flexibility index (Phi) is 1.83. The highest BCUT2D eigenvalue weighted by Crippen LogP contribution is 2.24. The van der Waals surface area contributed by atoms with E-state index in [9.17, 15) is 0 Å². The van der Waals surface area contributed by atoms with Crippen molar-refractivity contribution in [1.82, 2.24) is 20.0 Å². The zero-order valence-corrected chi connectivity index (χ0v) is 9.23. The summed E-state index contributed by atoms with van der Waals surface area (Å²) < 4.78 is 1.80. The van der Waals surface area contributed by atoms with Crippen LogP contribution in [0, 0.1) is 6.92 Å². The molecule has 1 N–H and O–H groups in total. The summed E-state index contributed by atoms with van der Waals surface area (Å²) in [6, 6.07) is 6.27. The molecular weight excluding hydrogens is 200 g/mol. The van der Waals surface area contributed by atoms with Gasteiger partial charge in [-0.25, -0.2) is 0 Å². The maximum Gasteiger partial charge on any atom is 0.0929 e. The maximum absolute atomic E-state index is 4.26. The number of H-pyrrole nitrogens is 1. The predicted molar refractivity (Wildman–Crippen MR) is 63.0 cm³/mol. The quantitative estimate of drug-likeness (QED) is 0.672. The molecule has 16 heavy (non-hydrogen) atoms. The zero-order valence-electron chi connectivity index (χ0n) is 9.23. The van der Waals surface area contributed by atoms with Crippen molar-refractivity contribution in [3.05, 3.63) is 36.3 Å². The minimum atomic E-state index is 0.999. The molecule has 0 fully saturated rings. The van der Waals surface area contributed by atoms with Gasteiger partial charge in [-0.3, -0.25) is 9.78 Å². The number of fused-ring (bicyclic) bond motifs is 1. The van der Waals surface area contributed by atoms with E-state index in [0.29, 0.717) is 0 Å². The van der Waals surface area contributed by atoms with Gasteiger partial charge in [0.2, 0.25) is 0 Å². The minimum absolute atomic E-state index is 0.999. The second-order valence-corrected chi connectivity index (χ2v) is 3.98. The van der Waals surface area contributed by atoms with Crippen LogP contribution in [-0.4, -0.2) is 20.0 Å². The second-order valence-electron chi connectivity index (χ2n) is 3.98. The van der Waals surface area contributed by atoms with Crippen molar-refractivity contribution in [2.45, 2.75) is 6.92 Å². The van der Waals surface area contributed by atoms with Gasteiger partial charge in [0.25, 0.3) is 0 Å². The first-order chi connectivity index (χ1) is 7.74. The monoisotopic (exact) mass is 212 g/mol. The minimum Gasteiger partial charge on any atom is -0.282 e. The number of aromatic nitrogens is 4. The van der Waals surface area contributed by atoms with Gasteiger partial charge in [-0.15, -0.1) is 0 Å². The lowest BCUT2D eigenvalue weighted by Gasteiger charge is -1.96. The standard InChI is InChI=1S/C12H12N4/c1-8-11-4-3-9(5-12(11)15-14-8)10-6-13-16(2)7-10/h3-7H,1-2H3,(H,14,15). The summed E-state index contributed by atoms with van der Waals surface area (Å²) in [5, 5.41) is 12.6. The Labute approximate surface area is 92.9 Å². The number of aromatic amines is 1. The van der Waals surface area contributed by atoms with Gasteiger partial charge in [0.1, 0.15) is 0 Å². The fraction of sp³-hybridized carbons (Fsp3) is 0.167. The summed E-state index contributed by atoms with van der Waals surface area (Å²) in [4.78, 5) is 0. The smallest absolute Gasteiger partial charge is 0.0929 e. The second kappa shape index (κ2) is 3.20. The van der Waals surface area contributed by atoms with Gasteiger partial charge in [-0.1, -0.05) is 12.1 Å². The van der Waals surface area contributed by atoms with Crippen LogP contribution < -0.4 is 0 Å². The van der Waals surface area contributed by atoms with Crippen LogP contribution in [0.25, 0.3) is 22.0 Å². The van der Waals surface area contributed by atoms with Crippen molar-refractivity contribution in [2.75, 3.05) is 0 Å². The third-order valence-electron chi connectivity index (χ3n) is 2.78. The van der Waals surface area contributed by atoms with E-state index in [1.165, 1.54) is 5.39 Å². The van der Waals surface area contributed by atoms with Crippen LogP contribution in [0.5, 0.6) is 0 Å². The van der Waals surface area contributed by atoms with E-state index in [0.717, 1.165) is 22.3 Å². The molecule has 0 aliphatic carbocycles. The number of nitrogens with one attached hydrogen (secondary N) is 1. The Balaban J connectivity index is 2.18. The molecule has 0 aliphatic heterocycles. The van der Waals surface area contributed by atoms with Gasteiger partial charge in [0.05, 0.1) is 11.7 Å². The van der Waals surface area contributed by atoms with Gasteiger partial charge in [-0.05, 0) is 18.6 Å². The molecule has 0 saturated heterocycles. The molecule has 0 unspecified atom stereocenters. The van der Waals surface area contributed by atoms with E-state index in [1.54, 1.807) is 4.68 Å². The first-order valence-electron chi connectivity index (χ1n) is 5.18. The average molecular weight is 212 g/mol. The van der Waals surface area contributed by atoms with Gasteiger partial charge in [0, 0.05) is 29.9 Å². The SMILES string of the molecule is Cc1[nH]nc2cc(-c3cnn(C)c3)ccc12. The molecule has 80 valence electrons. The molecule has 0 saturated carbocycles. The van der Waals surface area contributed by atoms with Crippen LogP contribution in [0.1, 0.15) is 5.69 Å². The average Bonchev–Trinajstić information content (AvgIpc) is 2.86. The lowest BCUT2D eigenvalue weighted by atomic mass is 10.1. The molecule has 3 aromatic rings. The Morgan fingerprint density at radius 3 is 2.88 bits per heavy atom. The number of rotatable bonds is 1. The topological polar surface area (TPSA) is 46.5 Å². The van der Waals surface area contributed by atoms with E-state index in [4.69, 9.17) is 0 Å². The summed E-state index contributed by atoms with van der Waals surface area (Å²) in [6.45, 7) is 2.03. The molecule has 0 aliphatic rings. The molecule has 0 radical (unpaired) electrons. The molecule has 4 nitrogen and oxygen atoms in total. The van der Waals surface area contributed by atoms with E-state index in [2.05, 4.69) is 33.5 Å². The lowest BCUT2D eigenvalue weighted by Crippen LogP contribution is -1.84. The van der Waals surface area contributed by atoms with Crippen LogP contribution in [0.2, 0.25) is 0 Å². The molecule has 2 aromatic heterocycles. The largest absolute Gasteiger partial charge is 0.282 e. The number of nitrogens with zero attached hydrogens (tertiary/aromatic N) is 3. The van der Waals surface area contributed by atoms with Crippen molar-refractivity contribution < 1.29 is 0 Å². The highest BCUT2D eigenvalue weighted by Gasteiger charge is 2.05. The number of hydrogen-bond acceptors (Lipinski definition) is 2. The Bertz CT molecular complexity index is 648. The molecule has 0 bridgehead atoms. The van der Waals surface area contributed by atoms with Crippen LogP contribution in [-0.2, 0) is 7.05 Å². The van der Waals surface area contributed by atoms with E-state index >= 15 is 0 Å². The highest BCUT2D eigenvalue weighted by atomic mass is 15.2. The van der Waals surface area contributed by atoms with Gasteiger partial charge in [-0.2, -0.15) is 10.2 Å². The normalized spacial score (nSPS) is 11.1. The summed E-state index contributed by atoms with van der Waals surface area (Å²) in [6.07, 6.45) is 3.86. The van der Waals surface area contributed by atoms with E-state index < -0.39 is 0 Å². The summed E-state index contributed by atoms with van der Waals surface area (Å²) in [7, 11) is 1.92. The summed E-state index contributed by atoms with van der Waals surface area (Å²) in [5.74, 6) is 0. The summed E-state index contributed by atoms with van der Waals surface area (Å²) >= 11 is 0. The molecule has 0 amide bonds. The number of benzene rings is 1. The fourth-order valence-electron chi connectivity index (χ4n) is 1.90.